The summed E-state index contributed by atoms with van der Waals surface area (Å²) >= 11 is -0.580. The molecule has 2 fully saturated rings. The zero-order chi connectivity index (χ0) is 11.5. The molecule has 16 heavy (non-hydrogen) atoms. The number of amides is 1. The van der Waals surface area contributed by atoms with Crippen LogP contribution in [0, 0.1) is 5.92 Å². The van der Waals surface area contributed by atoms with E-state index in [1.54, 1.807) is 0 Å². The smallest absolute Gasteiger partial charge is 0.207 e. The summed E-state index contributed by atoms with van der Waals surface area (Å²) < 4.78 is 11.3. The molecule has 0 bridgehead atoms. The van der Waals surface area contributed by atoms with Crippen LogP contribution >= 0.6 is 0 Å². The molecule has 2 saturated heterocycles. The number of nitrogens with one attached hydrogen (secondary N) is 1. The van der Waals surface area contributed by atoms with E-state index in [0.29, 0.717) is 18.0 Å². The molecule has 0 aromatic heterocycles. The number of carbonyl (C=O) groups excluding carboxylic acids is 1. The van der Waals surface area contributed by atoms with Crippen LogP contribution < -0.4 is 5.32 Å². The molecule has 1 N–H and O–H groups in total. The lowest BCUT2D eigenvalue weighted by atomic mass is 10.1. The fourth-order valence-electron chi connectivity index (χ4n) is 2.75. The van der Waals surface area contributed by atoms with Crippen molar-refractivity contribution in [3.8, 4) is 0 Å². The van der Waals surface area contributed by atoms with Gasteiger partial charge in [-0.05, 0) is 5.92 Å². The molecule has 2 aliphatic rings. The predicted molar refractivity (Wildman–Crippen MR) is 64.6 cm³/mol. The lowest BCUT2D eigenvalue weighted by molar-refractivity contribution is -0.110. The van der Waals surface area contributed by atoms with Crippen LogP contribution in [0.15, 0.2) is 0 Å². The Morgan fingerprint density at radius 3 is 2.69 bits per heavy atom. The number of hydrogen-bond acceptors (Lipinski definition) is 3. The number of hydrogen-bond donors (Lipinski definition) is 1. The van der Waals surface area contributed by atoms with Crippen molar-refractivity contribution in [3.05, 3.63) is 0 Å². The van der Waals surface area contributed by atoms with Gasteiger partial charge in [-0.2, -0.15) is 0 Å². The fraction of sp³-hybridized carbons (Fsp3) is 0.909. The standard InChI is InChI=1S/C11H20N2O2S/c1-9-6-13(7-11(9)12-8-14)10-2-4-16(15)5-3-10/h8-11H,2-7H2,1H3,(H,12,14). The minimum Gasteiger partial charge on any atom is -0.616 e. The maximum Gasteiger partial charge on any atom is 0.207 e. The van der Waals surface area contributed by atoms with Gasteiger partial charge in [0.05, 0.1) is 0 Å². The maximum absolute atomic E-state index is 11.3. The van der Waals surface area contributed by atoms with E-state index in [1.807, 2.05) is 0 Å². The minimum absolute atomic E-state index is 0.296. The Bertz CT molecular complexity index is 244. The third kappa shape index (κ3) is 2.70. The van der Waals surface area contributed by atoms with Crippen LogP contribution in [0.4, 0.5) is 0 Å². The first kappa shape index (κ1) is 12.2. The number of nitrogens with zero attached hydrogens (tertiary/aromatic N) is 1. The normalized spacial score (nSPS) is 40.9. The maximum atomic E-state index is 11.3. The Labute approximate surface area is 99.9 Å². The van der Waals surface area contributed by atoms with Crippen molar-refractivity contribution in [1.29, 1.82) is 0 Å². The number of rotatable bonds is 3. The lowest BCUT2D eigenvalue weighted by Gasteiger charge is -2.31. The SMILES string of the molecule is CC1CN(C2CC[S+]([O-])CC2)CC1NC=O. The molecule has 2 heterocycles. The first-order chi connectivity index (χ1) is 7.70. The van der Waals surface area contributed by atoms with E-state index in [9.17, 15) is 9.35 Å². The second-order valence-corrected chi connectivity index (χ2v) is 6.60. The van der Waals surface area contributed by atoms with Crippen LogP contribution in [0.3, 0.4) is 0 Å². The molecule has 0 saturated carbocycles. The van der Waals surface area contributed by atoms with E-state index >= 15 is 0 Å². The molecule has 4 nitrogen and oxygen atoms in total. The summed E-state index contributed by atoms with van der Waals surface area (Å²) in [6.45, 7) is 4.20. The van der Waals surface area contributed by atoms with Crippen molar-refractivity contribution in [3.63, 3.8) is 0 Å². The first-order valence-corrected chi connectivity index (χ1v) is 7.48. The van der Waals surface area contributed by atoms with Gasteiger partial charge in [0.2, 0.25) is 6.41 Å². The summed E-state index contributed by atoms with van der Waals surface area (Å²) in [5, 5.41) is 2.89. The molecular formula is C11H20N2O2S. The molecule has 0 radical (unpaired) electrons. The second kappa shape index (κ2) is 5.38. The Hall–Kier alpha value is -0.260. The second-order valence-electron chi connectivity index (χ2n) is 4.90. The quantitative estimate of drug-likeness (QED) is 0.560. The van der Waals surface area contributed by atoms with Crippen molar-refractivity contribution < 1.29 is 9.35 Å². The van der Waals surface area contributed by atoms with Crippen molar-refractivity contribution in [2.75, 3.05) is 24.6 Å². The molecule has 2 unspecified atom stereocenters. The van der Waals surface area contributed by atoms with Gasteiger partial charge >= 0.3 is 0 Å². The average Bonchev–Trinajstić information content (AvgIpc) is 2.62. The van der Waals surface area contributed by atoms with Gasteiger partial charge in [-0.1, -0.05) is 18.1 Å². The summed E-state index contributed by atoms with van der Waals surface area (Å²) in [5.74, 6) is 2.22. The number of likely N-dealkylation sites (tertiary alicyclic amines) is 1. The van der Waals surface area contributed by atoms with Crippen molar-refractivity contribution in [2.45, 2.75) is 31.8 Å². The summed E-state index contributed by atoms with van der Waals surface area (Å²) in [5.41, 5.74) is 0. The Balaban J connectivity index is 1.85. The molecule has 1 amide bonds. The highest BCUT2D eigenvalue weighted by atomic mass is 32.2. The minimum atomic E-state index is -0.580. The molecule has 2 rings (SSSR count). The summed E-state index contributed by atoms with van der Waals surface area (Å²) in [7, 11) is 0. The fourth-order valence-corrected chi connectivity index (χ4v) is 4.03. The average molecular weight is 244 g/mol. The lowest BCUT2D eigenvalue weighted by Crippen LogP contribution is -2.41. The predicted octanol–water partition coefficient (Wildman–Crippen LogP) is -0.0362. The third-order valence-electron chi connectivity index (χ3n) is 3.80. The van der Waals surface area contributed by atoms with Crippen molar-refractivity contribution in [2.24, 2.45) is 5.92 Å². The Kier molecular flexibility index (Phi) is 4.10. The van der Waals surface area contributed by atoms with E-state index in [-0.39, 0.29) is 0 Å². The molecule has 0 aromatic carbocycles. The molecular weight excluding hydrogens is 224 g/mol. The van der Waals surface area contributed by atoms with Gasteiger partial charge in [0.15, 0.2) is 0 Å². The molecule has 2 atom stereocenters. The molecule has 2 aliphatic heterocycles. The summed E-state index contributed by atoms with van der Waals surface area (Å²) in [6, 6.07) is 0.878. The van der Waals surface area contributed by atoms with Gasteiger partial charge in [0, 0.05) is 38.0 Å². The molecule has 0 aromatic rings. The van der Waals surface area contributed by atoms with Crippen LogP contribution in [0.1, 0.15) is 19.8 Å². The van der Waals surface area contributed by atoms with Crippen LogP contribution in [-0.4, -0.2) is 52.5 Å². The van der Waals surface area contributed by atoms with E-state index in [4.69, 9.17) is 0 Å². The highest BCUT2D eigenvalue weighted by Crippen LogP contribution is 2.25. The van der Waals surface area contributed by atoms with E-state index in [1.165, 1.54) is 0 Å². The van der Waals surface area contributed by atoms with E-state index < -0.39 is 11.2 Å². The highest BCUT2D eigenvalue weighted by molar-refractivity contribution is 7.91. The van der Waals surface area contributed by atoms with Crippen LogP contribution in [0.5, 0.6) is 0 Å². The molecule has 0 aliphatic carbocycles. The molecule has 5 heteroatoms. The summed E-state index contributed by atoms with van der Waals surface area (Å²) in [4.78, 5) is 12.9. The van der Waals surface area contributed by atoms with Crippen LogP contribution in [0.2, 0.25) is 0 Å². The van der Waals surface area contributed by atoms with Gasteiger partial charge < -0.3 is 9.87 Å². The first-order valence-electron chi connectivity index (χ1n) is 5.99. The molecule has 92 valence electrons. The van der Waals surface area contributed by atoms with Gasteiger partial charge in [0.1, 0.15) is 11.5 Å². The zero-order valence-corrected chi connectivity index (χ0v) is 10.5. The number of carbonyl (C=O) groups is 1. The van der Waals surface area contributed by atoms with Gasteiger partial charge in [0.25, 0.3) is 0 Å². The Morgan fingerprint density at radius 2 is 2.06 bits per heavy atom. The highest BCUT2D eigenvalue weighted by Gasteiger charge is 2.35. The Morgan fingerprint density at radius 1 is 1.38 bits per heavy atom. The third-order valence-corrected chi connectivity index (χ3v) is 5.18. The zero-order valence-electron chi connectivity index (χ0n) is 9.72. The summed E-state index contributed by atoms with van der Waals surface area (Å²) in [6.07, 6.45) is 2.90. The van der Waals surface area contributed by atoms with Crippen molar-refractivity contribution >= 4 is 17.6 Å². The van der Waals surface area contributed by atoms with Crippen molar-refractivity contribution in [1.82, 2.24) is 10.2 Å². The topological polar surface area (TPSA) is 55.4 Å². The van der Waals surface area contributed by atoms with Gasteiger partial charge in [-0.15, -0.1) is 0 Å². The molecule has 0 spiro atoms. The van der Waals surface area contributed by atoms with E-state index in [2.05, 4.69) is 17.1 Å². The monoisotopic (exact) mass is 244 g/mol. The largest absolute Gasteiger partial charge is 0.616 e. The van der Waals surface area contributed by atoms with Crippen LogP contribution in [0.25, 0.3) is 0 Å². The van der Waals surface area contributed by atoms with Crippen LogP contribution in [-0.2, 0) is 16.0 Å². The van der Waals surface area contributed by atoms with E-state index in [0.717, 1.165) is 43.8 Å². The van der Waals surface area contributed by atoms with Gasteiger partial charge in [-0.3, -0.25) is 9.69 Å². The van der Waals surface area contributed by atoms with Gasteiger partial charge in [-0.25, -0.2) is 0 Å².